The predicted molar refractivity (Wildman–Crippen MR) is 178 cm³/mol. The number of hydrogen-bond donors (Lipinski definition) is 3. The minimum absolute atomic E-state index is 0.179. The molecule has 0 saturated carbocycles. The summed E-state index contributed by atoms with van der Waals surface area (Å²) in [6.07, 6.45) is 1.16. The number of anilines is 2. The molecule has 1 aromatic heterocycles. The third-order valence-corrected chi connectivity index (χ3v) is 8.73. The first-order chi connectivity index (χ1) is 22.2. The zero-order chi connectivity index (χ0) is 32.8. The fourth-order valence-electron chi connectivity index (χ4n) is 5.13. The molecule has 0 unspecified atom stereocenters. The van der Waals surface area contributed by atoms with Gasteiger partial charge in [-0.25, -0.2) is 9.78 Å². The van der Waals surface area contributed by atoms with Crippen molar-refractivity contribution in [2.45, 2.75) is 26.0 Å². The summed E-state index contributed by atoms with van der Waals surface area (Å²) >= 11 is 1.51. The van der Waals surface area contributed by atoms with Crippen LogP contribution in [0.25, 0.3) is 10.6 Å². The number of hydrogen-bond acceptors (Lipinski definition) is 8. The van der Waals surface area contributed by atoms with Gasteiger partial charge in [0.05, 0.1) is 37.6 Å². The van der Waals surface area contributed by atoms with Gasteiger partial charge in [-0.2, -0.15) is 0 Å². The highest BCUT2D eigenvalue weighted by atomic mass is 32.1. The lowest BCUT2D eigenvalue weighted by molar-refractivity contribution is 0.0372. The number of urea groups is 1. The number of methoxy groups -OCH3 is 1. The van der Waals surface area contributed by atoms with E-state index >= 15 is 0 Å². The molecule has 1 aliphatic rings. The van der Waals surface area contributed by atoms with E-state index < -0.39 is 12.1 Å². The number of thiazole rings is 1. The van der Waals surface area contributed by atoms with Crippen LogP contribution in [0.3, 0.4) is 0 Å². The number of aromatic nitrogens is 1. The molecule has 2 heterocycles. The fourth-order valence-corrected chi connectivity index (χ4v) is 5.77. The first kappa shape index (κ1) is 32.5. The van der Waals surface area contributed by atoms with Crippen molar-refractivity contribution in [1.29, 1.82) is 0 Å². The molecule has 0 spiro atoms. The minimum Gasteiger partial charge on any atom is -0.497 e. The second-order valence-corrected chi connectivity index (χ2v) is 12.1. The average molecular weight is 644 g/mol. The highest BCUT2D eigenvalue weighted by molar-refractivity contribution is 7.13. The number of aliphatic hydroxyl groups is 1. The lowest BCUT2D eigenvalue weighted by atomic mass is 9.99. The normalized spacial score (nSPS) is 16.7. The summed E-state index contributed by atoms with van der Waals surface area (Å²) in [6.45, 7) is 3.95. The number of carbonyl (C=O) groups is 3. The number of rotatable bonds is 9. The van der Waals surface area contributed by atoms with Gasteiger partial charge in [-0.3, -0.25) is 9.59 Å². The van der Waals surface area contributed by atoms with Gasteiger partial charge in [0.25, 0.3) is 11.8 Å². The number of fused-ring (bicyclic) bond motifs is 1. The first-order valence-corrected chi connectivity index (χ1v) is 15.8. The van der Waals surface area contributed by atoms with Crippen LogP contribution < -0.4 is 20.1 Å². The van der Waals surface area contributed by atoms with Crippen molar-refractivity contribution in [3.05, 3.63) is 89.4 Å². The highest BCUT2D eigenvalue weighted by Gasteiger charge is 2.35. The van der Waals surface area contributed by atoms with Crippen molar-refractivity contribution in [3.63, 3.8) is 0 Å². The van der Waals surface area contributed by atoms with Gasteiger partial charge in [0.1, 0.15) is 16.9 Å². The Labute approximate surface area is 271 Å². The van der Waals surface area contributed by atoms with Crippen LogP contribution >= 0.6 is 11.3 Å². The van der Waals surface area contributed by atoms with Crippen molar-refractivity contribution >= 4 is 40.6 Å². The van der Waals surface area contributed by atoms with Crippen molar-refractivity contribution in [3.8, 4) is 22.1 Å². The van der Waals surface area contributed by atoms with Gasteiger partial charge in [-0.1, -0.05) is 25.1 Å². The van der Waals surface area contributed by atoms with E-state index in [1.807, 2.05) is 24.4 Å². The molecule has 1 aliphatic heterocycles. The van der Waals surface area contributed by atoms with Crippen molar-refractivity contribution in [2.75, 3.05) is 44.5 Å². The predicted octanol–water partition coefficient (Wildman–Crippen LogP) is 5.46. The van der Waals surface area contributed by atoms with E-state index in [4.69, 9.17) is 9.47 Å². The number of aliphatic hydroxyl groups excluding tert-OH is 1. The Balaban J connectivity index is 1.40. The van der Waals surface area contributed by atoms with Crippen molar-refractivity contribution in [1.82, 2.24) is 14.8 Å². The van der Waals surface area contributed by atoms with Gasteiger partial charge < -0.3 is 35.0 Å². The number of nitrogens with one attached hydrogen (secondary N) is 2. The number of ether oxygens (including phenoxy) is 2. The largest absolute Gasteiger partial charge is 0.497 e. The summed E-state index contributed by atoms with van der Waals surface area (Å²) < 4.78 is 11.7. The van der Waals surface area contributed by atoms with E-state index in [9.17, 15) is 19.5 Å². The number of benzene rings is 3. The lowest BCUT2D eigenvalue weighted by Crippen LogP contribution is -2.50. The van der Waals surface area contributed by atoms with E-state index in [1.165, 1.54) is 16.2 Å². The van der Waals surface area contributed by atoms with Gasteiger partial charge >= 0.3 is 6.03 Å². The molecule has 4 aromatic rings. The minimum atomic E-state index is -0.567. The molecule has 3 aromatic carbocycles. The quantitative estimate of drug-likeness (QED) is 0.221. The Hall–Kier alpha value is -4.94. The molecule has 11 nitrogen and oxygen atoms in total. The van der Waals surface area contributed by atoms with Crippen LogP contribution in [0.1, 0.15) is 34.6 Å². The summed E-state index contributed by atoms with van der Waals surface area (Å²) in [7, 11) is 3.24. The van der Waals surface area contributed by atoms with E-state index in [-0.39, 0.29) is 48.2 Å². The summed E-state index contributed by atoms with van der Waals surface area (Å²) in [6, 6.07) is 18.3. The Kier molecular flexibility index (Phi) is 10.2. The molecular formula is C34H37N5O6S. The van der Waals surface area contributed by atoms with Crippen LogP contribution in [-0.4, -0.2) is 83.7 Å². The monoisotopic (exact) mass is 643 g/mol. The maximum Gasteiger partial charge on any atom is 0.321 e. The van der Waals surface area contributed by atoms with E-state index in [0.29, 0.717) is 29.2 Å². The summed E-state index contributed by atoms with van der Waals surface area (Å²) in [5.41, 5.74) is 2.50. The molecule has 0 fully saturated rings. The molecule has 12 heteroatoms. The second-order valence-electron chi connectivity index (χ2n) is 11.2. The molecule has 240 valence electrons. The van der Waals surface area contributed by atoms with E-state index in [2.05, 4.69) is 15.6 Å². The third-order valence-electron chi connectivity index (χ3n) is 7.91. The molecule has 5 rings (SSSR count). The molecule has 3 N–H and O–H groups in total. The van der Waals surface area contributed by atoms with Gasteiger partial charge in [0.15, 0.2) is 5.75 Å². The molecule has 46 heavy (non-hydrogen) atoms. The average Bonchev–Trinajstić information content (AvgIpc) is 3.62. The number of nitrogens with zero attached hydrogens (tertiary/aromatic N) is 3. The number of amides is 4. The Morgan fingerprint density at radius 1 is 1.13 bits per heavy atom. The Morgan fingerprint density at radius 2 is 1.87 bits per heavy atom. The Bertz CT molecular complexity index is 1660. The van der Waals surface area contributed by atoms with Crippen LogP contribution in [0.5, 0.6) is 11.5 Å². The molecule has 3 atom stereocenters. The Morgan fingerprint density at radius 3 is 2.52 bits per heavy atom. The van der Waals surface area contributed by atoms with Gasteiger partial charge in [-0.05, 0) is 55.5 Å². The first-order valence-electron chi connectivity index (χ1n) is 14.9. The summed E-state index contributed by atoms with van der Waals surface area (Å²) in [4.78, 5) is 47.8. The molecule has 0 aliphatic carbocycles. The smallest absolute Gasteiger partial charge is 0.321 e. The lowest BCUT2D eigenvalue weighted by Gasteiger charge is -2.38. The van der Waals surface area contributed by atoms with Crippen LogP contribution in [0.15, 0.2) is 78.3 Å². The summed E-state index contributed by atoms with van der Waals surface area (Å²) in [5, 5.41) is 18.5. The molecule has 0 radical (unpaired) electrons. The second kappa shape index (κ2) is 14.4. The molecular weight excluding hydrogens is 606 g/mol. The topological polar surface area (TPSA) is 133 Å². The van der Waals surface area contributed by atoms with Gasteiger partial charge in [0.2, 0.25) is 0 Å². The maximum absolute atomic E-state index is 13.8. The summed E-state index contributed by atoms with van der Waals surface area (Å²) in [5.74, 6) is -0.0660. The van der Waals surface area contributed by atoms with Crippen molar-refractivity contribution < 1.29 is 29.0 Å². The zero-order valence-electron chi connectivity index (χ0n) is 26.1. The van der Waals surface area contributed by atoms with Gasteiger partial charge in [0, 0.05) is 47.9 Å². The van der Waals surface area contributed by atoms with Crippen molar-refractivity contribution in [2.24, 2.45) is 5.92 Å². The zero-order valence-corrected chi connectivity index (χ0v) is 26.9. The molecule has 0 bridgehead atoms. The highest BCUT2D eigenvalue weighted by Crippen LogP contribution is 2.35. The van der Waals surface area contributed by atoms with Crippen LogP contribution in [0.4, 0.5) is 16.2 Å². The number of likely N-dealkylation sites (N-methyl/N-ethyl adjacent to an activating group) is 1. The van der Waals surface area contributed by atoms with Gasteiger partial charge in [-0.15, -0.1) is 11.3 Å². The standard InChI is InChI=1S/C34H37N5O6S/c1-21-18-39(22(2)20-40)33(42)27-6-5-7-28(37-31(41)23-8-10-24(11-9-23)32-35-16-17-46-32)30(27)45-29(21)19-38(3)34(43)36-25-12-14-26(44-4)15-13-25/h5-17,21-22,29,40H,18-20H2,1-4H3,(H,36,43)(H,37,41)/t21-,22-,29-/m1/s1. The van der Waals surface area contributed by atoms with E-state index in [1.54, 1.807) is 86.8 Å². The van der Waals surface area contributed by atoms with Crippen LogP contribution in [0, 0.1) is 5.92 Å². The van der Waals surface area contributed by atoms with Crippen LogP contribution in [-0.2, 0) is 0 Å². The maximum atomic E-state index is 13.8. The van der Waals surface area contributed by atoms with E-state index in [0.717, 1.165) is 10.6 Å². The number of para-hydroxylation sites is 1. The molecule has 4 amide bonds. The number of carbonyl (C=O) groups excluding carboxylic acids is 3. The SMILES string of the molecule is COc1ccc(NC(=O)N(C)C[C@H]2Oc3c(NC(=O)c4ccc(-c5nccs5)cc4)cccc3C(=O)N([C@H](C)CO)C[C@H]2C)cc1. The third kappa shape index (κ3) is 7.30. The van der Waals surface area contributed by atoms with Crippen LogP contribution in [0.2, 0.25) is 0 Å². The molecule has 0 saturated heterocycles. The fraction of sp³-hybridized carbons (Fsp3) is 0.294.